The molecule has 1 heterocycles. The van der Waals surface area contributed by atoms with Gasteiger partial charge in [0.15, 0.2) is 0 Å². The third kappa shape index (κ3) is 5.73. The zero-order valence-electron chi connectivity index (χ0n) is 14.5. The summed E-state index contributed by atoms with van der Waals surface area (Å²) < 4.78 is 13.6. The van der Waals surface area contributed by atoms with Crippen molar-refractivity contribution in [3.8, 4) is 0 Å². The topological polar surface area (TPSA) is 32.3 Å². The number of likely N-dealkylation sites (tertiary alicyclic amines) is 1. The van der Waals surface area contributed by atoms with Crippen LogP contribution in [-0.2, 0) is 11.3 Å². The van der Waals surface area contributed by atoms with E-state index in [0.717, 1.165) is 37.5 Å². The zero-order valence-corrected chi connectivity index (χ0v) is 16.0. The van der Waals surface area contributed by atoms with Crippen LogP contribution in [0.4, 0.5) is 4.39 Å². The van der Waals surface area contributed by atoms with Crippen molar-refractivity contribution < 1.29 is 9.18 Å². The Bertz CT molecular complexity index is 733. The molecule has 2 aromatic rings. The molecule has 0 bridgehead atoms. The second kappa shape index (κ2) is 9.40. The van der Waals surface area contributed by atoms with Gasteiger partial charge < -0.3 is 5.32 Å². The lowest BCUT2D eigenvalue weighted by atomic mass is 10.0. The van der Waals surface area contributed by atoms with Gasteiger partial charge in [-0.3, -0.25) is 9.69 Å². The van der Waals surface area contributed by atoms with Crippen molar-refractivity contribution in [2.45, 2.75) is 30.3 Å². The monoisotopic (exact) mass is 392 g/mol. The molecule has 3 rings (SSSR count). The van der Waals surface area contributed by atoms with Gasteiger partial charge in [-0.1, -0.05) is 35.9 Å². The van der Waals surface area contributed by atoms with Crippen LogP contribution in [0.15, 0.2) is 53.4 Å². The molecule has 1 fully saturated rings. The predicted molar refractivity (Wildman–Crippen MR) is 105 cm³/mol. The number of halogens is 2. The summed E-state index contributed by atoms with van der Waals surface area (Å²) in [6.45, 7) is 2.81. The van der Waals surface area contributed by atoms with E-state index in [1.165, 1.54) is 23.4 Å². The average Bonchev–Trinajstić information content (AvgIpc) is 2.64. The summed E-state index contributed by atoms with van der Waals surface area (Å²) in [5.74, 6) is -0.0680. The maximum Gasteiger partial charge on any atom is 0.230 e. The Balaban J connectivity index is 1.38. The minimum Gasteiger partial charge on any atom is -0.353 e. The Morgan fingerprint density at radius 3 is 2.54 bits per heavy atom. The van der Waals surface area contributed by atoms with E-state index in [0.29, 0.717) is 4.90 Å². The molecule has 26 heavy (non-hydrogen) atoms. The van der Waals surface area contributed by atoms with E-state index in [4.69, 9.17) is 11.6 Å². The number of piperidine rings is 1. The Hall–Kier alpha value is -1.56. The van der Waals surface area contributed by atoms with Crippen molar-refractivity contribution in [2.24, 2.45) is 0 Å². The number of hydrogen-bond acceptors (Lipinski definition) is 3. The molecule has 0 aliphatic carbocycles. The van der Waals surface area contributed by atoms with Crippen molar-refractivity contribution in [3.05, 3.63) is 64.9 Å². The van der Waals surface area contributed by atoms with Crippen molar-refractivity contribution in [2.75, 3.05) is 18.8 Å². The second-order valence-electron chi connectivity index (χ2n) is 6.46. The molecule has 0 unspecified atom stereocenters. The first-order chi connectivity index (χ1) is 12.6. The van der Waals surface area contributed by atoms with Crippen LogP contribution >= 0.6 is 23.4 Å². The fourth-order valence-corrected chi connectivity index (χ4v) is 3.93. The highest BCUT2D eigenvalue weighted by molar-refractivity contribution is 8.00. The minimum atomic E-state index is -0.277. The minimum absolute atomic E-state index is 0.0330. The molecule has 1 aliphatic heterocycles. The van der Waals surface area contributed by atoms with Gasteiger partial charge in [-0.25, -0.2) is 4.39 Å². The molecule has 1 saturated heterocycles. The van der Waals surface area contributed by atoms with Crippen LogP contribution < -0.4 is 5.32 Å². The van der Waals surface area contributed by atoms with E-state index in [-0.39, 0.29) is 23.5 Å². The summed E-state index contributed by atoms with van der Waals surface area (Å²) in [6.07, 6.45) is 1.87. The predicted octanol–water partition coefficient (Wildman–Crippen LogP) is 4.35. The molecular formula is C20H22ClFN2OS. The molecule has 3 nitrogen and oxygen atoms in total. The van der Waals surface area contributed by atoms with Crippen LogP contribution in [0.5, 0.6) is 0 Å². The van der Waals surface area contributed by atoms with Crippen LogP contribution in [0.2, 0.25) is 5.02 Å². The van der Waals surface area contributed by atoms with Gasteiger partial charge >= 0.3 is 0 Å². The second-order valence-corrected chi connectivity index (χ2v) is 7.92. The highest BCUT2D eigenvalue weighted by atomic mass is 35.5. The maximum atomic E-state index is 13.6. The molecule has 1 amide bonds. The lowest BCUT2D eigenvalue weighted by molar-refractivity contribution is -0.119. The van der Waals surface area contributed by atoms with Crippen LogP contribution in [0.1, 0.15) is 18.4 Å². The van der Waals surface area contributed by atoms with Crippen molar-refractivity contribution >= 4 is 29.3 Å². The third-order valence-corrected chi connectivity index (χ3v) is 5.77. The molecule has 1 N–H and O–H groups in total. The van der Waals surface area contributed by atoms with E-state index >= 15 is 0 Å². The smallest absolute Gasteiger partial charge is 0.230 e. The summed E-state index contributed by atoms with van der Waals surface area (Å²) >= 11 is 7.16. The van der Waals surface area contributed by atoms with E-state index in [9.17, 15) is 9.18 Å². The molecule has 1 aliphatic rings. The summed E-state index contributed by atoms with van der Waals surface area (Å²) in [7, 11) is 0. The molecule has 2 aromatic carbocycles. The standard InChI is InChI=1S/C20H22ClFN2OS/c21-16-7-5-15(6-8-16)13-24-11-9-17(10-12-24)23-20(25)14-26-19-4-2-1-3-18(19)22/h1-8,17H,9-14H2,(H,23,25). The van der Waals surface area contributed by atoms with Crippen LogP contribution in [0, 0.1) is 5.82 Å². The van der Waals surface area contributed by atoms with Crippen LogP contribution in [0.3, 0.4) is 0 Å². The number of carbonyl (C=O) groups is 1. The molecule has 0 radical (unpaired) electrons. The molecule has 0 saturated carbocycles. The number of hydrogen-bond donors (Lipinski definition) is 1. The lowest BCUT2D eigenvalue weighted by Gasteiger charge is -2.32. The normalized spacial score (nSPS) is 15.8. The lowest BCUT2D eigenvalue weighted by Crippen LogP contribution is -2.44. The Morgan fingerprint density at radius 1 is 1.15 bits per heavy atom. The molecule has 138 valence electrons. The fourth-order valence-electron chi connectivity index (χ4n) is 3.06. The van der Waals surface area contributed by atoms with Crippen molar-refractivity contribution in [3.63, 3.8) is 0 Å². The van der Waals surface area contributed by atoms with Crippen molar-refractivity contribution in [1.82, 2.24) is 10.2 Å². The third-order valence-electron chi connectivity index (χ3n) is 4.47. The van der Waals surface area contributed by atoms with Gasteiger partial charge in [0, 0.05) is 35.6 Å². The van der Waals surface area contributed by atoms with Crippen LogP contribution in [-0.4, -0.2) is 35.7 Å². The molecule has 0 spiro atoms. The molecule has 0 atom stereocenters. The number of amides is 1. The Labute approximate surface area is 162 Å². The summed E-state index contributed by atoms with van der Waals surface area (Å²) in [6, 6.07) is 14.7. The molecule has 6 heteroatoms. The molecular weight excluding hydrogens is 371 g/mol. The van der Waals surface area contributed by atoms with Gasteiger partial charge in [0.05, 0.1) is 5.75 Å². The SMILES string of the molecule is O=C(CSc1ccccc1F)NC1CCN(Cc2ccc(Cl)cc2)CC1. The number of rotatable bonds is 6. The average molecular weight is 393 g/mol. The van der Waals surface area contributed by atoms with Gasteiger partial charge in [-0.05, 0) is 42.7 Å². The summed E-state index contributed by atoms with van der Waals surface area (Å²) in [5.41, 5.74) is 1.25. The Morgan fingerprint density at radius 2 is 1.85 bits per heavy atom. The van der Waals surface area contributed by atoms with E-state index in [1.807, 2.05) is 12.1 Å². The van der Waals surface area contributed by atoms with Gasteiger partial charge in [0.25, 0.3) is 0 Å². The van der Waals surface area contributed by atoms with Crippen LogP contribution in [0.25, 0.3) is 0 Å². The molecule has 0 aromatic heterocycles. The first kappa shape index (κ1) is 19.2. The van der Waals surface area contributed by atoms with E-state index < -0.39 is 0 Å². The highest BCUT2D eigenvalue weighted by Crippen LogP contribution is 2.21. The summed E-state index contributed by atoms with van der Waals surface area (Å²) in [5, 5.41) is 3.83. The quantitative estimate of drug-likeness (QED) is 0.741. The number of nitrogens with zero attached hydrogens (tertiary/aromatic N) is 1. The maximum absolute atomic E-state index is 13.6. The summed E-state index contributed by atoms with van der Waals surface area (Å²) in [4.78, 5) is 15.0. The number of thioether (sulfide) groups is 1. The van der Waals surface area contributed by atoms with Gasteiger partial charge in [-0.2, -0.15) is 0 Å². The van der Waals surface area contributed by atoms with Gasteiger partial charge in [0.1, 0.15) is 5.82 Å². The first-order valence-corrected chi connectivity index (χ1v) is 10.1. The number of carbonyl (C=O) groups excluding carboxylic acids is 1. The van der Waals surface area contributed by atoms with Gasteiger partial charge in [-0.15, -0.1) is 11.8 Å². The zero-order chi connectivity index (χ0) is 18.4. The largest absolute Gasteiger partial charge is 0.353 e. The number of nitrogens with one attached hydrogen (secondary N) is 1. The first-order valence-electron chi connectivity index (χ1n) is 8.73. The number of benzene rings is 2. The van der Waals surface area contributed by atoms with Gasteiger partial charge in [0.2, 0.25) is 5.91 Å². The Kier molecular flexibility index (Phi) is 6.94. The van der Waals surface area contributed by atoms with Crippen molar-refractivity contribution in [1.29, 1.82) is 0 Å². The highest BCUT2D eigenvalue weighted by Gasteiger charge is 2.20. The van der Waals surface area contributed by atoms with E-state index in [2.05, 4.69) is 22.3 Å². The fraction of sp³-hybridized carbons (Fsp3) is 0.350. The van der Waals surface area contributed by atoms with E-state index in [1.54, 1.807) is 18.2 Å².